The van der Waals surface area contributed by atoms with E-state index in [9.17, 15) is 9.18 Å². The number of hydrogen-bond donors (Lipinski definition) is 1. The fourth-order valence-electron chi connectivity index (χ4n) is 2.07. The van der Waals surface area contributed by atoms with Crippen LogP contribution in [0.1, 0.15) is 28.8 Å². The molecule has 1 aliphatic rings. The van der Waals surface area contributed by atoms with Crippen LogP contribution < -0.4 is 5.32 Å². The second kappa shape index (κ2) is 4.74. The van der Waals surface area contributed by atoms with Crippen LogP contribution in [0.5, 0.6) is 0 Å². The summed E-state index contributed by atoms with van der Waals surface area (Å²) in [7, 11) is 0. The zero-order valence-corrected chi connectivity index (χ0v) is 9.42. The lowest BCUT2D eigenvalue weighted by Crippen LogP contribution is -2.31. The number of nitrogens with one attached hydrogen (secondary N) is 1. The molecule has 1 fully saturated rings. The molecule has 1 aromatic rings. The first kappa shape index (κ1) is 11.3. The Labute approximate surface area is 94.9 Å². The van der Waals surface area contributed by atoms with Crippen LogP contribution in [0.15, 0.2) is 18.2 Å². The minimum absolute atomic E-state index is 0.0587. The van der Waals surface area contributed by atoms with Gasteiger partial charge in [-0.25, -0.2) is 4.39 Å². The van der Waals surface area contributed by atoms with Crippen molar-refractivity contribution in [3.63, 3.8) is 0 Å². The number of Topliss-reactive ketones (excluding diaryl/α,β-unsaturated/α-hetero) is 1. The van der Waals surface area contributed by atoms with E-state index in [0.717, 1.165) is 25.9 Å². The van der Waals surface area contributed by atoms with E-state index in [4.69, 9.17) is 0 Å². The molecule has 1 heterocycles. The second-order valence-electron chi connectivity index (χ2n) is 4.35. The standard InChI is InChI=1S/C13H16FNO/c1-9-2-3-11(8-12(9)14)13(16)10-4-6-15-7-5-10/h2-3,8,10,15H,4-7H2,1H3. The summed E-state index contributed by atoms with van der Waals surface area (Å²) in [5, 5.41) is 3.22. The average molecular weight is 221 g/mol. The topological polar surface area (TPSA) is 29.1 Å². The van der Waals surface area contributed by atoms with Gasteiger partial charge in [-0.1, -0.05) is 12.1 Å². The van der Waals surface area contributed by atoms with Gasteiger partial charge in [0.2, 0.25) is 0 Å². The van der Waals surface area contributed by atoms with E-state index < -0.39 is 0 Å². The van der Waals surface area contributed by atoms with Crippen molar-refractivity contribution in [2.24, 2.45) is 5.92 Å². The molecule has 0 bridgehead atoms. The molecule has 1 saturated heterocycles. The van der Waals surface area contributed by atoms with Gasteiger partial charge in [0.25, 0.3) is 0 Å². The molecule has 1 aromatic carbocycles. The summed E-state index contributed by atoms with van der Waals surface area (Å²) in [6.45, 7) is 3.46. The maximum Gasteiger partial charge on any atom is 0.166 e. The lowest BCUT2D eigenvalue weighted by molar-refractivity contribution is 0.0894. The monoisotopic (exact) mass is 221 g/mol. The molecular weight excluding hydrogens is 205 g/mol. The first-order chi connectivity index (χ1) is 7.68. The number of ketones is 1. The molecule has 0 atom stereocenters. The molecule has 16 heavy (non-hydrogen) atoms. The van der Waals surface area contributed by atoms with E-state index in [2.05, 4.69) is 5.32 Å². The number of aryl methyl sites for hydroxylation is 1. The molecule has 0 unspecified atom stereocenters. The first-order valence-electron chi connectivity index (χ1n) is 5.69. The number of hydrogen-bond acceptors (Lipinski definition) is 2. The number of rotatable bonds is 2. The summed E-state index contributed by atoms with van der Waals surface area (Å²) in [5.41, 5.74) is 1.09. The number of piperidine rings is 1. The molecule has 2 rings (SSSR count). The molecule has 0 spiro atoms. The van der Waals surface area contributed by atoms with Crippen LogP contribution in [0.25, 0.3) is 0 Å². The predicted octanol–water partition coefficient (Wildman–Crippen LogP) is 2.32. The van der Waals surface area contributed by atoms with Crippen molar-refractivity contribution in [3.8, 4) is 0 Å². The van der Waals surface area contributed by atoms with E-state index >= 15 is 0 Å². The Bertz CT molecular complexity index is 397. The highest BCUT2D eigenvalue weighted by Gasteiger charge is 2.22. The third kappa shape index (κ3) is 2.30. The van der Waals surface area contributed by atoms with Crippen LogP contribution in [0.3, 0.4) is 0 Å². The minimum atomic E-state index is -0.292. The van der Waals surface area contributed by atoms with Gasteiger partial charge in [0.15, 0.2) is 5.78 Å². The summed E-state index contributed by atoms with van der Waals surface area (Å²) in [6.07, 6.45) is 1.71. The normalized spacial score (nSPS) is 17.4. The molecule has 2 nitrogen and oxygen atoms in total. The van der Waals surface area contributed by atoms with Crippen molar-refractivity contribution in [3.05, 3.63) is 35.1 Å². The maximum atomic E-state index is 13.3. The molecule has 86 valence electrons. The Kier molecular flexibility index (Phi) is 3.34. The van der Waals surface area contributed by atoms with E-state index in [1.807, 2.05) is 0 Å². The van der Waals surface area contributed by atoms with Gasteiger partial charge in [0, 0.05) is 11.5 Å². The third-order valence-electron chi connectivity index (χ3n) is 3.17. The van der Waals surface area contributed by atoms with E-state index in [-0.39, 0.29) is 17.5 Å². The SMILES string of the molecule is Cc1ccc(C(=O)C2CCNCC2)cc1F. The van der Waals surface area contributed by atoms with Crippen LogP contribution in [-0.2, 0) is 0 Å². The van der Waals surface area contributed by atoms with Crippen molar-refractivity contribution in [1.82, 2.24) is 5.32 Å². The summed E-state index contributed by atoms with van der Waals surface area (Å²) in [4.78, 5) is 12.1. The van der Waals surface area contributed by atoms with Crippen LogP contribution >= 0.6 is 0 Å². The Morgan fingerprint density at radius 3 is 2.69 bits per heavy atom. The van der Waals surface area contributed by atoms with Gasteiger partial charge < -0.3 is 5.32 Å². The van der Waals surface area contributed by atoms with Gasteiger partial charge in [-0.15, -0.1) is 0 Å². The van der Waals surface area contributed by atoms with Gasteiger partial charge in [0.05, 0.1) is 0 Å². The molecule has 0 aromatic heterocycles. The van der Waals surface area contributed by atoms with Crippen LogP contribution in [-0.4, -0.2) is 18.9 Å². The lowest BCUT2D eigenvalue weighted by atomic mass is 9.89. The van der Waals surface area contributed by atoms with Gasteiger partial charge in [-0.05, 0) is 44.5 Å². The number of benzene rings is 1. The van der Waals surface area contributed by atoms with Crippen LogP contribution in [0.4, 0.5) is 4.39 Å². The Hall–Kier alpha value is -1.22. The Balaban J connectivity index is 2.16. The summed E-state index contributed by atoms with van der Waals surface area (Å²) in [5.74, 6) is -0.149. The van der Waals surface area contributed by atoms with E-state index in [1.54, 1.807) is 19.1 Å². The first-order valence-corrected chi connectivity index (χ1v) is 5.69. The molecular formula is C13H16FNO. The fraction of sp³-hybridized carbons (Fsp3) is 0.462. The average Bonchev–Trinajstić information content (AvgIpc) is 2.33. The van der Waals surface area contributed by atoms with Gasteiger partial charge in [-0.2, -0.15) is 0 Å². The fourth-order valence-corrected chi connectivity index (χ4v) is 2.07. The zero-order valence-electron chi connectivity index (χ0n) is 9.42. The van der Waals surface area contributed by atoms with Crippen LogP contribution in [0.2, 0.25) is 0 Å². The third-order valence-corrected chi connectivity index (χ3v) is 3.17. The van der Waals surface area contributed by atoms with Crippen molar-refractivity contribution >= 4 is 5.78 Å². The molecule has 3 heteroatoms. The highest BCUT2D eigenvalue weighted by Crippen LogP contribution is 2.19. The van der Waals surface area contributed by atoms with Gasteiger partial charge in [-0.3, -0.25) is 4.79 Å². The lowest BCUT2D eigenvalue weighted by Gasteiger charge is -2.21. The smallest absolute Gasteiger partial charge is 0.166 e. The summed E-state index contributed by atoms with van der Waals surface area (Å²) < 4.78 is 13.3. The van der Waals surface area contributed by atoms with Gasteiger partial charge >= 0.3 is 0 Å². The second-order valence-corrected chi connectivity index (χ2v) is 4.35. The maximum absolute atomic E-state index is 13.3. The Morgan fingerprint density at radius 1 is 1.38 bits per heavy atom. The predicted molar refractivity (Wildman–Crippen MR) is 61.1 cm³/mol. The largest absolute Gasteiger partial charge is 0.317 e. The van der Waals surface area contributed by atoms with Crippen LogP contribution in [0, 0.1) is 18.7 Å². The summed E-state index contributed by atoms with van der Waals surface area (Å²) >= 11 is 0. The van der Waals surface area contributed by atoms with Crippen molar-refractivity contribution in [2.75, 3.05) is 13.1 Å². The number of halogens is 1. The summed E-state index contributed by atoms with van der Waals surface area (Å²) in [6, 6.07) is 4.76. The number of carbonyl (C=O) groups excluding carboxylic acids is 1. The quantitative estimate of drug-likeness (QED) is 0.776. The molecule has 0 saturated carbocycles. The highest BCUT2D eigenvalue weighted by atomic mass is 19.1. The highest BCUT2D eigenvalue weighted by molar-refractivity contribution is 5.97. The van der Waals surface area contributed by atoms with Gasteiger partial charge in [0.1, 0.15) is 5.82 Å². The van der Waals surface area contributed by atoms with Crippen molar-refractivity contribution in [2.45, 2.75) is 19.8 Å². The molecule has 0 aliphatic carbocycles. The molecule has 0 radical (unpaired) electrons. The zero-order chi connectivity index (χ0) is 11.5. The molecule has 1 N–H and O–H groups in total. The minimum Gasteiger partial charge on any atom is -0.317 e. The number of carbonyl (C=O) groups is 1. The van der Waals surface area contributed by atoms with Crippen molar-refractivity contribution in [1.29, 1.82) is 0 Å². The van der Waals surface area contributed by atoms with E-state index in [1.165, 1.54) is 6.07 Å². The molecule has 0 amide bonds. The van der Waals surface area contributed by atoms with Crippen molar-refractivity contribution < 1.29 is 9.18 Å². The Morgan fingerprint density at radius 2 is 2.06 bits per heavy atom. The molecule has 1 aliphatic heterocycles. The van der Waals surface area contributed by atoms with E-state index in [0.29, 0.717) is 11.1 Å².